The number of aliphatic hydroxyl groups excluding tert-OH is 1. The summed E-state index contributed by atoms with van der Waals surface area (Å²) in [5.74, 6) is 0.690. The normalized spacial score (nSPS) is 14.6. The quantitative estimate of drug-likeness (QED) is 0.378. The topological polar surface area (TPSA) is 29.5 Å². The molecule has 0 bridgehead atoms. The Balaban J connectivity index is 1.75. The Morgan fingerprint density at radius 3 is 2.34 bits per heavy atom. The van der Waals surface area contributed by atoms with Crippen LogP contribution in [0.25, 0.3) is 11.1 Å². The van der Waals surface area contributed by atoms with E-state index in [2.05, 4.69) is 42.5 Å². The lowest BCUT2D eigenvalue weighted by Crippen LogP contribution is -2.04. The van der Waals surface area contributed by atoms with Crippen LogP contribution in [0.1, 0.15) is 61.1 Å². The van der Waals surface area contributed by atoms with Gasteiger partial charge in [-0.25, -0.2) is 0 Å². The molecule has 0 aromatic heterocycles. The second kappa shape index (κ2) is 11.1. The number of hydrogen-bond donors (Lipinski definition) is 1. The zero-order valence-corrected chi connectivity index (χ0v) is 16.9. The zero-order valence-electron chi connectivity index (χ0n) is 16.9. The van der Waals surface area contributed by atoms with E-state index in [1.165, 1.54) is 37.7 Å². The van der Waals surface area contributed by atoms with Crippen molar-refractivity contribution >= 4 is 0 Å². The molecule has 0 heterocycles. The second-order valence-corrected chi connectivity index (χ2v) is 7.80. The lowest BCUT2D eigenvalue weighted by molar-refractivity contribution is 0.227. The van der Waals surface area contributed by atoms with Crippen LogP contribution in [0, 0.1) is 0 Å². The lowest BCUT2D eigenvalue weighted by Gasteiger charge is -2.22. The van der Waals surface area contributed by atoms with Crippen LogP contribution in [0.5, 0.6) is 0 Å². The van der Waals surface area contributed by atoms with Crippen LogP contribution in [0.15, 0.2) is 54.8 Å². The predicted molar refractivity (Wildman–Crippen MR) is 113 cm³/mol. The molecule has 2 nitrogen and oxygen atoms in total. The molecule has 0 atom stereocenters. The Hall–Kier alpha value is -2.20. The number of ether oxygens (including phenoxy) is 1. The smallest absolute Gasteiger partial charge is 0.304 e. The van der Waals surface area contributed by atoms with E-state index in [4.69, 9.17) is 9.84 Å². The van der Waals surface area contributed by atoms with Crippen molar-refractivity contribution in [3.8, 4) is 11.1 Å². The van der Waals surface area contributed by atoms with Crippen LogP contribution in [-0.4, -0.2) is 18.3 Å². The molecule has 29 heavy (non-hydrogen) atoms. The zero-order chi connectivity index (χ0) is 20.5. The molecule has 3 rings (SSSR count). The van der Waals surface area contributed by atoms with E-state index in [0.717, 1.165) is 28.7 Å². The van der Waals surface area contributed by atoms with E-state index in [-0.39, 0.29) is 13.2 Å². The maximum absolute atomic E-state index is 12.2. The van der Waals surface area contributed by atoms with Crippen molar-refractivity contribution in [1.82, 2.24) is 0 Å². The van der Waals surface area contributed by atoms with Gasteiger partial charge in [0.05, 0.1) is 6.61 Å². The molecule has 0 aliphatic heterocycles. The van der Waals surface area contributed by atoms with Crippen molar-refractivity contribution < 1.29 is 18.6 Å². The lowest BCUT2D eigenvalue weighted by atomic mass is 9.83. The minimum atomic E-state index is -1.82. The van der Waals surface area contributed by atoms with Gasteiger partial charge in [-0.2, -0.15) is 8.78 Å². The van der Waals surface area contributed by atoms with Gasteiger partial charge in [-0.3, -0.25) is 0 Å². The first-order chi connectivity index (χ1) is 14.2. The van der Waals surface area contributed by atoms with Crippen molar-refractivity contribution in [2.75, 3.05) is 13.2 Å². The summed E-state index contributed by atoms with van der Waals surface area (Å²) in [4.78, 5) is 0. The van der Waals surface area contributed by atoms with E-state index in [9.17, 15) is 8.78 Å². The van der Waals surface area contributed by atoms with Crippen LogP contribution in [0.3, 0.4) is 0 Å². The molecule has 1 aliphatic carbocycles. The molecular formula is C25H30F2O2. The number of aliphatic hydroxyl groups is 1. The fraction of sp³-hybridized carbons (Fsp3) is 0.440. The van der Waals surface area contributed by atoms with Crippen LogP contribution in [-0.2, 0) is 17.6 Å². The van der Waals surface area contributed by atoms with Gasteiger partial charge in [0.15, 0.2) is 0 Å². The minimum Gasteiger partial charge on any atom is -0.495 e. The highest BCUT2D eigenvalue weighted by Crippen LogP contribution is 2.34. The molecule has 0 radical (unpaired) electrons. The summed E-state index contributed by atoms with van der Waals surface area (Å²) >= 11 is 0. The third-order valence-corrected chi connectivity index (χ3v) is 5.79. The predicted octanol–water partition coefficient (Wildman–Crippen LogP) is 6.62. The largest absolute Gasteiger partial charge is 0.495 e. The number of benzene rings is 2. The van der Waals surface area contributed by atoms with Crippen molar-refractivity contribution in [3.05, 3.63) is 71.5 Å². The summed E-state index contributed by atoms with van der Waals surface area (Å²) in [6, 6.07) is 15.2. The Labute approximate surface area is 172 Å². The first kappa shape index (κ1) is 21.5. The minimum absolute atomic E-state index is 0.135. The van der Waals surface area contributed by atoms with Crippen molar-refractivity contribution in [2.45, 2.75) is 57.3 Å². The molecule has 1 saturated carbocycles. The average molecular weight is 401 g/mol. The summed E-state index contributed by atoms with van der Waals surface area (Å²) in [5, 5.41) is 9.14. The fourth-order valence-corrected chi connectivity index (χ4v) is 4.23. The molecule has 4 heteroatoms. The second-order valence-electron chi connectivity index (χ2n) is 7.80. The summed E-state index contributed by atoms with van der Waals surface area (Å²) in [6.07, 6.45) is 7.27. The Bertz CT molecular complexity index is 789. The van der Waals surface area contributed by atoms with E-state index in [1.807, 2.05) is 0 Å². The first-order valence-corrected chi connectivity index (χ1v) is 10.6. The number of aryl methyl sites for hydroxylation is 1. The number of hydrogen-bond acceptors (Lipinski definition) is 2. The highest BCUT2D eigenvalue weighted by atomic mass is 19.3. The summed E-state index contributed by atoms with van der Waals surface area (Å²) in [7, 11) is 0. The van der Waals surface area contributed by atoms with Gasteiger partial charge in [0.2, 0.25) is 0 Å². The highest BCUT2D eigenvalue weighted by molar-refractivity contribution is 5.65. The molecule has 0 saturated heterocycles. The molecule has 1 N–H and O–H groups in total. The molecule has 2 aromatic rings. The van der Waals surface area contributed by atoms with E-state index in [0.29, 0.717) is 25.0 Å². The summed E-state index contributed by atoms with van der Waals surface area (Å²) in [6.45, 7) is 0.337. The first-order valence-electron chi connectivity index (χ1n) is 10.6. The average Bonchev–Trinajstić information content (AvgIpc) is 2.76. The van der Waals surface area contributed by atoms with Crippen molar-refractivity contribution in [1.29, 1.82) is 0 Å². The van der Waals surface area contributed by atoms with E-state index in [1.54, 1.807) is 0 Å². The van der Waals surface area contributed by atoms with Crippen LogP contribution < -0.4 is 0 Å². The molecule has 0 spiro atoms. The molecular weight excluding hydrogens is 370 g/mol. The van der Waals surface area contributed by atoms with E-state index >= 15 is 0 Å². The van der Waals surface area contributed by atoms with Crippen LogP contribution in [0.4, 0.5) is 8.78 Å². The van der Waals surface area contributed by atoms with Gasteiger partial charge in [-0.05, 0) is 59.4 Å². The molecule has 1 fully saturated rings. The van der Waals surface area contributed by atoms with Gasteiger partial charge in [-0.1, -0.05) is 61.7 Å². The molecule has 1 aliphatic rings. The standard InChI is InChI=1S/C25H30F2O2/c26-25(27)18-29-16-14-24-17-23(13-12-20(24)7-4-15-28)22-10-8-21(9-11-22)19-5-2-1-3-6-19/h8-13,17-19,28H,1-7,14-16H2. The van der Waals surface area contributed by atoms with Crippen molar-refractivity contribution in [2.24, 2.45) is 0 Å². The van der Waals surface area contributed by atoms with Gasteiger partial charge in [0.25, 0.3) is 0 Å². The van der Waals surface area contributed by atoms with Gasteiger partial charge in [0.1, 0.15) is 6.26 Å². The monoisotopic (exact) mass is 400 g/mol. The van der Waals surface area contributed by atoms with E-state index < -0.39 is 6.08 Å². The Kier molecular flexibility index (Phi) is 8.24. The molecule has 2 aromatic carbocycles. The van der Waals surface area contributed by atoms with Gasteiger partial charge in [0, 0.05) is 13.0 Å². The van der Waals surface area contributed by atoms with Crippen molar-refractivity contribution in [3.63, 3.8) is 0 Å². The maximum Gasteiger partial charge on any atom is 0.304 e. The summed E-state index contributed by atoms with van der Waals surface area (Å²) < 4.78 is 29.3. The van der Waals surface area contributed by atoms with Gasteiger partial charge in [-0.15, -0.1) is 0 Å². The third kappa shape index (κ3) is 6.40. The number of halogens is 2. The maximum atomic E-state index is 12.2. The Morgan fingerprint density at radius 1 is 0.931 bits per heavy atom. The SMILES string of the molecule is OCCCc1ccc(-c2ccc(C3CCCCC3)cc2)cc1CCOC=C(F)F. The number of rotatable bonds is 9. The molecule has 156 valence electrons. The Morgan fingerprint density at radius 2 is 1.66 bits per heavy atom. The fourth-order valence-electron chi connectivity index (χ4n) is 4.23. The molecule has 0 unspecified atom stereocenters. The highest BCUT2D eigenvalue weighted by Gasteiger charge is 2.15. The van der Waals surface area contributed by atoms with Crippen LogP contribution in [0.2, 0.25) is 0 Å². The van der Waals surface area contributed by atoms with Gasteiger partial charge >= 0.3 is 6.08 Å². The summed E-state index contributed by atoms with van der Waals surface area (Å²) in [5.41, 5.74) is 5.93. The van der Waals surface area contributed by atoms with Crippen LogP contribution >= 0.6 is 0 Å². The molecule has 0 amide bonds. The third-order valence-electron chi connectivity index (χ3n) is 5.79. The van der Waals surface area contributed by atoms with Gasteiger partial charge < -0.3 is 9.84 Å².